The van der Waals surface area contributed by atoms with Gasteiger partial charge in [-0.1, -0.05) is 80.4 Å². The fraction of sp³-hybridized carbons (Fsp3) is 0.514. The predicted octanol–water partition coefficient (Wildman–Crippen LogP) is 2.86. The number of hydrogen-bond donors (Lipinski definition) is 4. The number of Topliss-reactive ketones (excluding diaryl/α,β-unsaturated/α-hetero) is 2. The Morgan fingerprint density at radius 2 is 1.50 bits per heavy atom. The zero-order valence-corrected chi connectivity index (χ0v) is 27.8. The number of nitrogens with two attached hydrogens (primary N) is 3. The first kappa shape index (κ1) is 36.8. The lowest BCUT2D eigenvalue weighted by molar-refractivity contribution is -0.138. The zero-order chi connectivity index (χ0) is 33.3. The van der Waals surface area contributed by atoms with Crippen molar-refractivity contribution in [3.63, 3.8) is 0 Å². The molecule has 250 valence electrons. The van der Waals surface area contributed by atoms with Gasteiger partial charge in [-0.05, 0) is 42.6 Å². The summed E-state index contributed by atoms with van der Waals surface area (Å²) in [5, 5.41) is 2.97. The van der Waals surface area contributed by atoms with Crippen molar-refractivity contribution in [2.24, 2.45) is 34.0 Å². The zero-order valence-electron chi connectivity index (χ0n) is 26.9. The van der Waals surface area contributed by atoms with Crippen LogP contribution >= 0.6 is 11.8 Å². The molecule has 0 aliphatic carbocycles. The number of nitrogens with one attached hydrogen (secondary N) is 1. The van der Waals surface area contributed by atoms with E-state index < -0.39 is 23.9 Å². The summed E-state index contributed by atoms with van der Waals surface area (Å²) in [5.74, 6) is -0.784. The molecule has 0 unspecified atom stereocenters. The Labute approximate surface area is 277 Å². The molecule has 1 aliphatic heterocycles. The average molecular weight is 651 g/mol. The number of nitrogens with zero attached hydrogens (tertiary/aromatic N) is 2. The molecule has 4 atom stereocenters. The lowest BCUT2D eigenvalue weighted by Crippen LogP contribution is -2.47. The van der Waals surface area contributed by atoms with Gasteiger partial charge in [-0.25, -0.2) is 0 Å². The lowest BCUT2D eigenvalue weighted by atomic mass is 9.89. The smallest absolute Gasteiger partial charge is 0.228 e. The lowest BCUT2D eigenvalue weighted by Gasteiger charge is -2.27. The van der Waals surface area contributed by atoms with Gasteiger partial charge in [-0.3, -0.25) is 24.2 Å². The van der Waals surface area contributed by atoms with Crippen molar-refractivity contribution in [1.29, 1.82) is 0 Å². The van der Waals surface area contributed by atoms with Gasteiger partial charge < -0.3 is 27.4 Å². The van der Waals surface area contributed by atoms with E-state index in [1.165, 1.54) is 0 Å². The molecule has 11 heteroatoms. The van der Waals surface area contributed by atoms with Gasteiger partial charge in [0.05, 0.1) is 24.5 Å². The highest BCUT2D eigenvalue weighted by Crippen LogP contribution is 2.20. The fourth-order valence-corrected chi connectivity index (χ4v) is 6.49. The van der Waals surface area contributed by atoms with Gasteiger partial charge in [0.15, 0.2) is 17.5 Å². The van der Waals surface area contributed by atoms with E-state index in [0.717, 1.165) is 35.5 Å². The molecule has 0 spiro atoms. The summed E-state index contributed by atoms with van der Waals surface area (Å²) >= 11 is 1.80. The number of aliphatic imine (C=N–C) groups is 1. The molecule has 0 saturated carbocycles. The number of guanidine groups is 1. The summed E-state index contributed by atoms with van der Waals surface area (Å²) in [7, 11) is 0. The minimum Gasteiger partial charge on any atom is -0.370 e. The van der Waals surface area contributed by atoms with Crippen molar-refractivity contribution >= 4 is 41.1 Å². The molecule has 0 aromatic heterocycles. The molecule has 1 aliphatic rings. The second-order valence-electron chi connectivity index (χ2n) is 12.0. The topological polar surface area (TPSA) is 174 Å². The minimum atomic E-state index is -0.812. The third-order valence-corrected chi connectivity index (χ3v) is 9.28. The number of ketones is 2. The number of rotatable bonds is 18. The summed E-state index contributed by atoms with van der Waals surface area (Å²) < 4.78 is 0. The van der Waals surface area contributed by atoms with Crippen LogP contribution in [0.1, 0.15) is 56.6 Å². The third kappa shape index (κ3) is 12.6. The van der Waals surface area contributed by atoms with Crippen molar-refractivity contribution in [3.05, 3.63) is 71.8 Å². The van der Waals surface area contributed by atoms with Gasteiger partial charge >= 0.3 is 0 Å². The number of carbonyl (C=O) groups is 4. The van der Waals surface area contributed by atoms with E-state index in [1.54, 1.807) is 16.7 Å². The Morgan fingerprint density at radius 1 is 0.870 bits per heavy atom. The van der Waals surface area contributed by atoms with E-state index in [9.17, 15) is 19.2 Å². The quantitative estimate of drug-likeness (QED) is 0.141. The number of unbranched alkanes of at least 4 members (excludes halogenated alkanes) is 1. The van der Waals surface area contributed by atoms with Crippen LogP contribution < -0.4 is 22.5 Å². The number of thioether (sulfide) groups is 1. The van der Waals surface area contributed by atoms with Crippen LogP contribution in [0.3, 0.4) is 0 Å². The first-order chi connectivity index (χ1) is 22.2. The molecule has 10 nitrogen and oxygen atoms in total. The molecule has 7 N–H and O–H groups in total. The molecule has 1 heterocycles. The van der Waals surface area contributed by atoms with Gasteiger partial charge in [0.1, 0.15) is 0 Å². The maximum atomic E-state index is 13.9. The van der Waals surface area contributed by atoms with Gasteiger partial charge in [0.2, 0.25) is 11.8 Å². The number of benzene rings is 2. The molecule has 3 rings (SSSR count). The highest BCUT2D eigenvalue weighted by molar-refractivity contribution is 7.99. The van der Waals surface area contributed by atoms with Crippen LogP contribution in [0.25, 0.3) is 0 Å². The Morgan fingerprint density at radius 3 is 2.13 bits per heavy atom. The molecule has 2 aromatic carbocycles. The summed E-state index contributed by atoms with van der Waals surface area (Å²) in [6, 6.07) is 17.5. The predicted molar refractivity (Wildman–Crippen MR) is 185 cm³/mol. The summed E-state index contributed by atoms with van der Waals surface area (Å²) in [4.78, 5) is 60.5. The Bertz CT molecular complexity index is 1280. The van der Waals surface area contributed by atoms with Gasteiger partial charge in [0.25, 0.3) is 0 Å². The molecule has 2 aromatic rings. The van der Waals surface area contributed by atoms with Crippen LogP contribution in [-0.2, 0) is 32.0 Å². The molecule has 46 heavy (non-hydrogen) atoms. The number of hydrogen-bond acceptors (Lipinski definition) is 7. The molecular weight excluding hydrogens is 600 g/mol. The maximum absolute atomic E-state index is 13.9. The van der Waals surface area contributed by atoms with Gasteiger partial charge in [-0.2, -0.15) is 11.8 Å². The summed E-state index contributed by atoms with van der Waals surface area (Å²) in [6.07, 6.45) is 3.37. The molecular formula is C35H50N6O4S. The van der Waals surface area contributed by atoms with E-state index in [-0.39, 0.29) is 48.7 Å². The Hall–Kier alpha value is -3.70. The normalized spacial score (nSPS) is 15.9. The van der Waals surface area contributed by atoms with Crippen molar-refractivity contribution in [1.82, 2.24) is 10.2 Å². The summed E-state index contributed by atoms with van der Waals surface area (Å²) in [5.41, 5.74) is 19.3. The van der Waals surface area contributed by atoms with Crippen LogP contribution in [0.15, 0.2) is 65.7 Å². The van der Waals surface area contributed by atoms with Gasteiger partial charge in [-0.15, -0.1) is 0 Å². The SMILES string of the molecule is CCCC[C@@H](NC(=O)[C@H](CC(=O)[C@H](N)Cc1ccccc1)Cc1ccccc1)C(=O)C[C@H](CN=C(N)N)C(=O)N1CCCSCC1. The second kappa shape index (κ2) is 19.7. The van der Waals surface area contributed by atoms with Crippen LogP contribution in [0.2, 0.25) is 0 Å². The van der Waals surface area contributed by atoms with E-state index in [0.29, 0.717) is 38.8 Å². The monoisotopic (exact) mass is 650 g/mol. The molecule has 0 bridgehead atoms. The van der Waals surface area contributed by atoms with Crippen molar-refractivity contribution in [3.8, 4) is 0 Å². The second-order valence-corrected chi connectivity index (χ2v) is 13.2. The van der Waals surface area contributed by atoms with Crippen LogP contribution in [0.5, 0.6) is 0 Å². The van der Waals surface area contributed by atoms with Gasteiger partial charge in [0, 0.05) is 37.6 Å². The fourth-order valence-electron chi connectivity index (χ4n) is 5.60. The first-order valence-corrected chi connectivity index (χ1v) is 17.4. The molecule has 0 radical (unpaired) electrons. The minimum absolute atomic E-state index is 0.00453. The maximum Gasteiger partial charge on any atom is 0.228 e. The average Bonchev–Trinajstić information content (AvgIpc) is 3.35. The highest BCUT2D eigenvalue weighted by Gasteiger charge is 2.33. The molecule has 1 fully saturated rings. The first-order valence-electron chi connectivity index (χ1n) is 16.3. The molecule has 1 saturated heterocycles. The van der Waals surface area contributed by atoms with E-state index in [1.807, 2.05) is 67.6 Å². The summed E-state index contributed by atoms with van der Waals surface area (Å²) in [6.45, 7) is 3.23. The largest absolute Gasteiger partial charge is 0.370 e. The Balaban J connectivity index is 1.77. The highest BCUT2D eigenvalue weighted by atomic mass is 32.2. The Kier molecular flexibility index (Phi) is 15.8. The van der Waals surface area contributed by atoms with E-state index >= 15 is 0 Å². The van der Waals surface area contributed by atoms with Crippen molar-refractivity contribution in [2.75, 3.05) is 31.1 Å². The third-order valence-electron chi connectivity index (χ3n) is 8.23. The van der Waals surface area contributed by atoms with Crippen LogP contribution in [-0.4, -0.2) is 77.5 Å². The van der Waals surface area contributed by atoms with E-state index in [2.05, 4.69) is 10.3 Å². The van der Waals surface area contributed by atoms with E-state index in [4.69, 9.17) is 17.2 Å². The van der Waals surface area contributed by atoms with Crippen LogP contribution in [0, 0.1) is 11.8 Å². The van der Waals surface area contributed by atoms with Crippen molar-refractivity contribution in [2.45, 2.75) is 70.4 Å². The number of carbonyl (C=O) groups excluding carboxylic acids is 4. The van der Waals surface area contributed by atoms with Crippen molar-refractivity contribution < 1.29 is 19.2 Å². The standard InChI is InChI=1S/C35H50N6O4S/c1-2-3-15-30(32(43)23-28(24-39-35(37)38)34(45)41-16-10-18-46-19-17-41)40-33(44)27(20-25-11-6-4-7-12-25)22-31(42)29(36)21-26-13-8-5-9-14-26/h4-9,11-14,27-30H,2-3,10,15-24,36H2,1H3,(H,40,44)(H4,37,38,39)/t27-,28+,29+,30+/m0/s1. The number of amides is 2. The molecule has 2 amide bonds. The van der Waals surface area contributed by atoms with Crippen LogP contribution in [0.4, 0.5) is 0 Å².